The summed E-state index contributed by atoms with van der Waals surface area (Å²) in [6.07, 6.45) is 1.64. The predicted molar refractivity (Wildman–Crippen MR) is 121 cm³/mol. The zero-order chi connectivity index (χ0) is 21.8. The number of carbonyl (C=O) groups is 2. The van der Waals surface area contributed by atoms with Crippen molar-refractivity contribution in [2.75, 3.05) is 0 Å². The third-order valence-electron chi connectivity index (χ3n) is 5.17. The van der Waals surface area contributed by atoms with E-state index in [-0.39, 0.29) is 11.8 Å². The first kappa shape index (κ1) is 21.6. The molecule has 0 aliphatic rings. The molecule has 1 aromatic heterocycles. The van der Waals surface area contributed by atoms with Crippen molar-refractivity contribution in [1.82, 2.24) is 15.3 Å². The first-order chi connectivity index (χ1) is 14.3. The Kier molecular flexibility index (Phi) is 6.57. The van der Waals surface area contributed by atoms with Crippen molar-refractivity contribution >= 4 is 40.5 Å². The SMILES string of the molecule is Cc1c(/C=N\NC(=O)C(NC(=O)c2ccccc2Cl)C(C)C)c2ccccc2n1C. The molecular weight excluding hydrogens is 400 g/mol. The minimum absolute atomic E-state index is 0.133. The van der Waals surface area contributed by atoms with Crippen LogP contribution in [-0.4, -0.2) is 28.6 Å². The highest BCUT2D eigenvalue weighted by Crippen LogP contribution is 2.23. The molecule has 6 nitrogen and oxygen atoms in total. The minimum atomic E-state index is -0.750. The predicted octanol–water partition coefficient (Wildman–Crippen LogP) is 4.04. The highest BCUT2D eigenvalue weighted by molar-refractivity contribution is 6.33. The topological polar surface area (TPSA) is 75.5 Å². The fourth-order valence-electron chi connectivity index (χ4n) is 3.34. The van der Waals surface area contributed by atoms with Crippen molar-refractivity contribution < 1.29 is 9.59 Å². The van der Waals surface area contributed by atoms with Gasteiger partial charge < -0.3 is 9.88 Å². The number of hydrazone groups is 1. The van der Waals surface area contributed by atoms with Crippen LogP contribution in [0.3, 0.4) is 0 Å². The molecule has 2 N–H and O–H groups in total. The molecule has 156 valence electrons. The first-order valence-corrected chi connectivity index (χ1v) is 10.1. The van der Waals surface area contributed by atoms with E-state index in [1.807, 2.05) is 52.1 Å². The molecule has 0 aliphatic heterocycles. The molecule has 0 fully saturated rings. The van der Waals surface area contributed by atoms with Crippen molar-refractivity contribution in [3.8, 4) is 0 Å². The van der Waals surface area contributed by atoms with E-state index < -0.39 is 11.9 Å². The highest BCUT2D eigenvalue weighted by Gasteiger charge is 2.25. The van der Waals surface area contributed by atoms with Crippen molar-refractivity contribution in [2.45, 2.75) is 26.8 Å². The van der Waals surface area contributed by atoms with Crippen LogP contribution in [0.15, 0.2) is 53.6 Å². The summed E-state index contributed by atoms with van der Waals surface area (Å²) in [6.45, 7) is 5.72. The van der Waals surface area contributed by atoms with Crippen LogP contribution in [0.1, 0.15) is 35.5 Å². The van der Waals surface area contributed by atoms with Crippen molar-refractivity contribution in [2.24, 2.45) is 18.1 Å². The van der Waals surface area contributed by atoms with Crippen LogP contribution in [-0.2, 0) is 11.8 Å². The number of aromatic nitrogens is 1. The maximum absolute atomic E-state index is 12.7. The third-order valence-corrected chi connectivity index (χ3v) is 5.50. The highest BCUT2D eigenvalue weighted by atomic mass is 35.5. The summed E-state index contributed by atoms with van der Waals surface area (Å²) in [5.74, 6) is -0.922. The molecule has 0 saturated carbocycles. The van der Waals surface area contributed by atoms with E-state index in [4.69, 9.17) is 11.6 Å². The summed E-state index contributed by atoms with van der Waals surface area (Å²) < 4.78 is 2.08. The lowest BCUT2D eigenvalue weighted by Crippen LogP contribution is -2.48. The summed E-state index contributed by atoms with van der Waals surface area (Å²) >= 11 is 6.09. The fourth-order valence-corrected chi connectivity index (χ4v) is 3.56. The number of rotatable bonds is 6. The Bertz CT molecular complexity index is 1120. The van der Waals surface area contributed by atoms with Gasteiger partial charge in [0, 0.05) is 29.2 Å². The van der Waals surface area contributed by atoms with Gasteiger partial charge in [0.25, 0.3) is 11.8 Å². The molecular formula is C23H25ClN4O2. The molecule has 0 spiro atoms. The second-order valence-electron chi connectivity index (χ2n) is 7.48. The lowest BCUT2D eigenvalue weighted by Gasteiger charge is -2.20. The molecule has 0 bridgehead atoms. The molecule has 30 heavy (non-hydrogen) atoms. The molecule has 0 saturated heterocycles. The largest absolute Gasteiger partial charge is 0.347 e. The van der Waals surface area contributed by atoms with Crippen LogP contribution in [0.5, 0.6) is 0 Å². The summed E-state index contributed by atoms with van der Waals surface area (Å²) in [4.78, 5) is 25.3. The second kappa shape index (κ2) is 9.13. The van der Waals surface area contributed by atoms with Gasteiger partial charge in [0.1, 0.15) is 6.04 Å². The average molecular weight is 425 g/mol. The molecule has 2 amide bonds. The van der Waals surface area contributed by atoms with Crippen LogP contribution in [0.2, 0.25) is 5.02 Å². The minimum Gasteiger partial charge on any atom is -0.347 e. The lowest BCUT2D eigenvalue weighted by molar-refractivity contribution is -0.123. The van der Waals surface area contributed by atoms with E-state index in [1.54, 1.807) is 30.5 Å². The smallest absolute Gasteiger partial charge is 0.262 e. The summed E-state index contributed by atoms with van der Waals surface area (Å²) in [7, 11) is 1.99. The van der Waals surface area contributed by atoms with E-state index in [9.17, 15) is 9.59 Å². The van der Waals surface area contributed by atoms with Crippen LogP contribution < -0.4 is 10.7 Å². The van der Waals surface area contributed by atoms with E-state index >= 15 is 0 Å². The number of fused-ring (bicyclic) bond motifs is 1. The van der Waals surface area contributed by atoms with Gasteiger partial charge in [-0.2, -0.15) is 5.10 Å². The van der Waals surface area contributed by atoms with Crippen molar-refractivity contribution in [3.63, 3.8) is 0 Å². The molecule has 1 heterocycles. The lowest BCUT2D eigenvalue weighted by atomic mass is 10.0. The number of amides is 2. The van der Waals surface area contributed by atoms with Gasteiger partial charge in [-0.1, -0.05) is 55.8 Å². The Morgan fingerprint density at radius 2 is 1.77 bits per heavy atom. The number of aryl methyl sites for hydroxylation is 1. The normalized spacial score (nSPS) is 12.5. The van der Waals surface area contributed by atoms with Gasteiger partial charge in [-0.05, 0) is 31.0 Å². The fraction of sp³-hybridized carbons (Fsp3) is 0.261. The number of para-hydroxylation sites is 1. The Hall–Kier alpha value is -3.12. The zero-order valence-electron chi connectivity index (χ0n) is 17.4. The zero-order valence-corrected chi connectivity index (χ0v) is 18.2. The standard InChI is InChI=1S/C23H25ClN4O2/c1-14(2)21(26-22(29)17-10-5-7-11-19(17)24)23(30)27-25-13-18-15(3)28(4)20-12-8-6-9-16(18)20/h5-14,21H,1-4H3,(H,26,29)(H,27,30)/b25-13-. The molecule has 0 radical (unpaired) electrons. The monoisotopic (exact) mass is 424 g/mol. The molecule has 3 aromatic rings. The quantitative estimate of drug-likeness (QED) is 0.462. The summed E-state index contributed by atoms with van der Waals surface area (Å²) in [6, 6.07) is 14.0. The number of carbonyl (C=O) groups excluding carboxylic acids is 2. The van der Waals surface area contributed by atoms with Crippen LogP contribution in [0.25, 0.3) is 10.9 Å². The molecule has 3 rings (SSSR count). The number of halogens is 1. The van der Waals surface area contributed by atoms with Gasteiger partial charge in [-0.3, -0.25) is 9.59 Å². The molecule has 0 aliphatic carbocycles. The van der Waals surface area contributed by atoms with Gasteiger partial charge in [0.05, 0.1) is 16.8 Å². The number of hydrogen-bond acceptors (Lipinski definition) is 3. The Morgan fingerprint density at radius 1 is 1.10 bits per heavy atom. The average Bonchev–Trinajstić information content (AvgIpc) is 2.97. The van der Waals surface area contributed by atoms with E-state index in [0.29, 0.717) is 10.6 Å². The second-order valence-corrected chi connectivity index (χ2v) is 7.89. The first-order valence-electron chi connectivity index (χ1n) is 9.73. The number of benzene rings is 2. The number of nitrogens with zero attached hydrogens (tertiary/aromatic N) is 2. The Balaban J connectivity index is 1.74. The summed E-state index contributed by atoms with van der Waals surface area (Å²) in [5, 5.41) is 8.30. The van der Waals surface area contributed by atoms with E-state index in [2.05, 4.69) is 20.4 Å². The summed E-state index contributed by atoms with van der Waals surface area (Å²) in [5.41, 5.74) is 5.96. The van der Waals surface area contributed by atoms with Crippen molar-refractivity contribution in [1.29, 1.82) is 0 Å². The third kappa shape index (κ3) is 4.39. The van der Waals surface area contributed by atoms with Crippen LogP contribution in [0.4, 0.5) is 0 Å². The number of hydrogen-bond donors (Lipinski definition) is 2. The van der Waals surface area contributed by atoms with Crippen LogP contribution >= 0.6 is 11.6 Å². The van der Waals surface area contributed by atoms with Gasteiger partial charge in [0.2, 0.25) is 0 Å². The van der Waals surface area contributed by atoms with Crippen LogP contribution in [0, 0.1) is 12.8 Å². The Labute approximate surface area is 180 Å². The van der Waals surface area contributed by atoms with Gasteiger partial charge in [0.15, 0.2) is 0 Å². The number of nitrogens with one attached hydrogen (secondary N) is 2. The van der Waals surface area contributed by atoms with Gasteiger partial charge in [-0.15, -0.1) is 0 Å². The maximum atomic E-state index is 12.7. The molecule has 2 aromatic carbocycles. The maximum Gasteiger partial charge on any atom is 0.262 e. The van der Waals surface area contributed by atoms with Gasteiger partial charge >= 0.3 is 0 Å². The molecule has 1 unspecified atom stereocenters. The molecule has 1 atom stereocenters. The Morgan fingerprint density at radius 3 is 2.47 bits per heavy atom. The molecule has 7 heteroatoms. The van der Waals surface area contributed by atoms with E-state index in [1.165, 1.54) is 0 Å². The van der Waals surface area contributed by atoms with Gasteiger partial charge in [-0.25, -0.2) is 5.43 Å². The van der Waals surface area contributed by atoms with Crippen molar-refractivity contribution in [3.05, 3.63) is 70.4 Å². The van der Waals surface area contributed by atoms with E-state index in [0.717, 1.165) is 22.2 Å².